The van der Waals surface area contributed by atoms with Crippen LogP contribution >= 0.6 is 34.5 Å². The molecule has 3 rings (SSSR count). The van der Waals surface area contributed by atoms with E-state index in [0.717, 1.165) is 0 Å². The second kappa shape index (κ2) is 7.39. The number of carbonyl (C=O) groups is 1. The Morgan fingerprint density at radius 2 is 1.92 bits per heavy atom. The lowest BCUT2D eigenvalue weighted by molar-refractivity contribution is -0.136. The highest BCUT2D eigenvalue weighted by Gasteiger charge is 2.16. The lowest BCUT2D eigenvalue weighted by Crippen LogP contribution is -1.99. The molecule has 128 valence electrons. The quantitative estimate of drug-likeness (QED) is 0.586. The first-order chi connectivity index (χ1) is 11.9. The molecule has 3 aromatic rings. The van der Waals surface area contributed by atoms with Crippen molar-refractivity contribution in [1.29, 1.82) is 0 Å². The van der Waals surface area contributed by atoms with E-state index in [1.807, 2.05) is 0 Å². The lowest BCUT2D eigenvalue weighted by atomic mass is 10.1. The van der Waals surface area contributed by atoms with Gasteiger partial charge >= 0.3 is 5.97 Å². The van der Waals surface area contributed by atoms with Crippen molar-refractivity contribution in [2.24, 2.45) is 0 Å². The fourth-order valence-electron chi connectivity index (χ4n) is 2.20. The van der Waals surface area contributed by atoms with Crippen LogP contribution in [0, 0.1) is 5.82 Å². The van der Waals surface area contributed by atoms with Gasteiger partial charge in [0.15, 0.2) is 5.13 Å². The predicted octanol–water partition coefficient (Wildman–Crippen LogP) is 5.63. The zero-order valence-electron chi connectivity index (χ0n) is 12.6. The number of benzene rings is 2. The number of anilines is 2. The van der Waals surface area contributed by atoms with Gasteiger partial charge in [0.25, 0.3) is 0 Å². The number of nitrogens with one attached hydrogen (secondary N) is 1. The SMILES string of the molecule is O=C(O)Cc1sc(Nc2ccc(Cl)cc2Cl)nc1-c1ccc(F)cc1. The van der Waals surface area contributed by atoms with E-state index >= 15 is 0 Å². The maximum atomic E-state index is 13.1. The monoisotopic (exact) mass is 396 g/mol. The standard InChI is InChI=1S/C17H11Cl2FN2O2S/c18-10-3-6-13(12(19)7-10)21-17-22-16(14(25-17)8-15(23)24)9-1-4-11(20)5-2-9/h1-7H,8H2,(H,21,22)(H,23,24). The van der Waals surface area contributed by atoms with Crippen molar-refractivity contribution in [3.8, 4) is 11.3 Å². The molecule has 25 heavy (non-hydrogen) atoms. The van der Waals surface area contributed by atoms with E-state index in [1.165, 1.54) is 23.5 Å². The highest BCUT2D eigenvalue weighted by Crippen LogP contribution is 2.35. The highest BCUT2D eigenvalue weighted by atomic mass is 35.5. The minimum atomic E-state index is -0.969. The van der Waals surface area contributed by atoms with Gasteiger partial charge in [-0.05, 0) is 42.5 Å². The number of hydrogen-bond donors (Lipinski definition) is 2. The number of carboxylic acid groups (broad SMARTS) is 1. The van der Waals surface area contributed by atoms with E-state index in [2.05, 4.69) is 10.3 Å². The Labute approximate surface area is 156 Å². The number of carboxylic acids is 1. The van der Waals surface area contributed by atoms with Crippen LogP contribution in [0.1, 0.15) is 4.88 Å². The van der Waals surface area contributed by atoms with Crippen molar-refractivity contribution in [2.75, 3.05) is 5.32 Å². The van der Waals surface area contributed by atoms with Gasteiger partial charge in [-0.1, -0.05) is 23.2 Å². The fraction of sp³-hybridized carbons (Fsp3) is 0.0588. The topological polar surface area (TPSA) is 62.2 Å². The summed E-state index contributed by atoms with van der Waals surface area (Å²) in [6.45, 7) is 0. The molecule has 0 bridgehead atoms. The Kier molecular flexibility index (Phi) is 5.22. The van der Waals surface area contributed by atoms with Gasteiger partial charge in [-0.2, -0.15) is 0 Å². The number of hydrogen-bond acceptors (Lipinski definition) is 4. The Bertz CT molecular complexity index is 929. The van der Waals surface area contributed by atoms with E-state index in [9.17, 15) is 9.18 Å². The van der Waals surface area contributed by atoms with Crippen LogP contribution in [0.25, 0.3) is 11.3 Å². The lowest BCUT2D eigenvalue weighted by Gasteiger charge is -2.05. The molecular formula is C17H11Cl2FN2O2S. The van der Waals surface area contributed by atoms with Crippen molar-refractivity contribution in [1.82, 2.24) is 4.98 Å². The molecule has 0 amide bonds. The molecule has 4 nitrogen and oxygen atoms in total. The average Bonchev–Trinajstić information content (AvgIpc) is 2.92. The van der Waals surface area contributed by atoms with Gasteiger partial charge in [0.1, 0.15) is 5.82 Å². The van der Waals surface area contributed by atoms with E-state index in [4.69, 9.17) is 28.3 Å². The molecule has 0 spiro atoms. The largest absolute Gasteiger partial charge is 0.481 e. The zero-order chi connectivity index (χ0) is 18.0. The van der Waals surface area contributed by atoms with Crippen molar-refractivity contribution in [3.05, 3.63) is 63.2 Å². The van der Waals surface area contributed by atoms with Crippen LogP contribution in [0.5, 0.6) is 0 Å². The van der Waals surface area contributed by atoms with E-state index < -0.39 is 5.97 Å². The Hall–Kier alpha value is -2.15. The van der Waals surface area contributed by atoms with Gasteiger partial charge < -0.3 is 10.4 Å². The summed E-state index contributed by atoms with van der Waals surface area (Å²) < 4.78 is 13.1. The van der Waals surface area contributed by atoms with E-state index in [1.54, 1.807) is 30.3 Å². The molecule has 0 aliphatic rings. The Morgan fingerprint density at radius 3 is 2.56 bits per heavy atom. The first-order valence-corrected chi connectivity index (χ1v) is 8.69. The van der Waals surface area contributed by atoms with Crippen molar-refractivity contribution in [3.63, 3.8) is 0 Å². The summed E-state index contributed by atoms with van der Waals surface area (Å²) >= 11 is 13.2. The van der Waals surface area contributed by atoms with Crippen LogP contribution in [0.15, 0.2) is 42.5 Å². The van der Waals surface area contributed by atoms with E-state index in [0.29, 0.717) is 37.0 Å². The maximum absolute atomic E-state index is 13.1. The Balaban J connectivity index is 1.97. The number of thiazole rings is 1. The average molecular weight is 397 g/mol. The smallest absolute Gasteiger partial charge is 0.308 e. The number of rotatable bonds is 5. The van der Waals surface area contributed by atoms with Crippen LogP contribution in [-0.4, -0.2) is 16.1 Å². The molecule has 1 aromatic heterocycles. The summed E-state index contributed by atoms with van der Waals surface area (Å²) in [6, 6.07) is 10.7. The second-order valence-corrected chi connectivity index (χ2v) is 7.04. The van der Waals surface area contributed by atoms with E-state index in [-0.39, 0.29) is 12.2 Å². The van der Waals surface area contributed by atoms with Gasteiger partial charge in [0.2, 0.25) is 0 Å². The Morgan fingerprint density at radius 1 is 1.20 bits per heavy atom. The number of nitrogens with zero attached hydrogens (tertiary/aromatic N) is 1. The molecule has 1 heterocycles. The molecule has 0 aliphatic heterocycles. The molecule has 0 unspecified atom stereocenters. The predicted molar refractivity (Wildman–Crippen MR) is 98.6 cm³/mol. The number of halogens is 3. The van der Waals surface area contributed by atoms with Crippen molar-refractivity contribution in [2.45, 2.75) is 6.42 Å². The molecule has 0 aliphatic carbocycles. The summed E-state index contributed by atoms with van der Waals surface area (Å²) in [4.78, 5) is 16.1. The first kappa shape index (κ1) is 17.7. The summed E-state index contributed by atoms with van der Waals surface area (Å²) in [5.41, 5.74) is 1.75. The molecule has 2 aromatic carbocycles. The summed E-state index contributed by atoms with van der Waals surface area (Å²) in [7, 11) is 0. The van der Waals surface area contributed by atoms with Gasteiger partial charge in [-0.15, -0.1) is 11.3 Å². The zero-order valence-corrected chi connectivity index (χ0v) is 14.9. The third kappa shape index (κ3) is 4.28. The van der Waals surface area contributed by atoms with Crippen LogP contribution in [0.4, 0.5) is 15.2 Å². The van der Waals surface area contributed by atoms with Crippen LogP contribution in [0.2, 0.25) is 10.0 Å². The minimum absolute atomic E-state index is 0.180. The van der Waals surface area contributed by atoms with Crippen molar-refractivity contribution >= 4 is 51.3 Å². The first-order valence-electron chi connectivity index (χ1n) is 7.12. The number of aromatic nitrogens is 1. The number of aliphatic carboxylic acids is 1. The molecule has 0 radical (unpaired) electrons. The fourth-order valence-corrected chi connectivity index (χ4v) is 3.64. The summed E-state index contributed by atoms with van der Waals surface area (Å²) in [5.74, 6) is -1.34. The summed E-state index contributed by atoms with van der Waals surface area (Å²) in [6.07, 6.45) is -0.180. The highest BCUT2D eigenvalue weighted by molar-refractivity contribution is 7.16. The molecule has 2 N–H and O–H groups in total. The normalized spacial score (nSPS) is 10.7. The van der Waals surface area contributed by atoms with Gasteiger partial charge in [0.05, 0.1) is 22.8 Å². The van der Waals surface area contributed by atoms with Crippen LogP contribution in [-0.2, 0) is 11.2 Å². The third-order valence-corrected chi connectivity index (χ3v) is 4.82. The third-order valence-electron chi connectivity index (χ3n) is 3.30. The van der Waals surface area contributed by atoms with Gasteiger partial charge in [-0.25, -0.2) is 9.37 Å². The van der Waals surface area contributed by atoms with Gasteiger partial charge in [-0.3, -0.25) is 4.79 Å². The van der Waals surface area contributed by atoms with Crippen molar-refractivity contribution < 1.29 is 14.3 Å². The van der Waals surface area contributed by atoms with Gasteiger partial charge in [0, 0.05) is 15.5 Å². The molecule has 0 fully saturated rings. The second-order valence-electron chi connectivity index (χ2n) is 5.12. The van der Waals surface area contributed by atoms with Crippen LogP contribution < -0.4 is 5.32 Å². The summed E-state index contributed by atoms with van der Waals surface area (Å²) in [5, 5.41) is 13.6. The molecule has 0 saturated carbocycles. The molecule has 0 atom stereocenters. The maximum Gasteiger partial charge on any atom is 0.308 e. The minimum Gasteiger partial charge on any atom is -0.481 e. The molecule has 8 heteroatoms. The molecule has 0 saturated heterocycles. The van der Waals surface area contributed by atoms with Crippen LogP contribution in [0.3, 0.4) is 0 Å². The molecular weight excluding hydrogens is 386 g/mol.